The van der Waals surface area contributed by atoms with Crippen molar-refractivity contribution in [1.82, 2.24) is 18.5 Å². The molecule has 11 rings (SSSR count). The van der Waals surface area contributed by atoms with Gasteiger partial charge in [0.05, 0.1) is 33.3 Å². The summed E-state index contributed by atoms with van der Waals surface area (Å²) in [6.45, 7) is 4.13. The van der Waals surface area contributed by atoms with Crippen LogP contribution in [0.5, 0.6) is 0 Å². The maximum Gasteiger partial charge on any atom is 0.246 e. The van der Waals surface area contributed by atoms with Crippen LogP contribution in [0.15, 0.2) is 152 Å². The second-order valence-corrected chi connectivity index (χ2v) is 12.4. The molecule has 3 aromatic heterocycles. The summed E-state index contributed by atoms with van der Waals surface area (Å²) in [6.07, 6.45) is 0. The summed E-state index contributed by atoms with van der Waals surface area (Å²) in [6, 6.07) is 55.1. The Kier molecular flexibility index (Phi) is 5.77. The number of aromatic nitrogens is 4. The second-order valence-electron chi connectivity index (χ2n) is 12.4. The van der Waals surface area contributed by atoms with Gasteiger partial charge in [-0.3, -0.25) is 8.97 Å². The van der Waals surface area contributed by atoms with Crippen LogP contribution in [-0.2, 0) is 0 Å². The Hall–Kier alpha value is -6.07. The quantitative estimate of drug-likeness (QED) is 0.179. The minimum Gasteiger partial charge on any atom is -0.307 e. The molecule has 48 heavy (non-hydrogen) atoms. The summed E-state index contributed by atoms with van der Waals surface area (Å²) in [7, 11) is 0. The zero-order chi connectivity index (χ0) is 31.9. The summed E-state index contributed by atoms with van der Waals surface area (Å²) in [4.78, 5) is 5.60. The molecular weight excluding hydrogens is 583 g/mol. The summed E-state index contributed by atoms with van der Waals surface area (Å²) in [5.41, 5.74) is 13.0. The fraction of sp³-hybridized carbons (Fsp3) is 0.0465. The first-order valence-electron chi connectivity index (χ1n) is 16.9. The van der Waals surface area contributed by atoms with Crippen molar-refractivity contribution in [2.75, 3.05) is 0 Å². The summed E-state index contributed by atoms with van der Waals surface area (Å²) >= 11 is 0. The van der Waals surface area contributed by atoms with Crippen molar-refractivity contribution < 1.29 is 0 Å². The maximum absolute atomic E-state index is 5.60. The topological polar surface area (TPSA) is 27.2 Å². The predicted octanol–water partition coefficient (Wildman–Crippen LogP) is 8.54. The first kappa shape index (κ1) is 27.1. The molecule has 7 aromatic carbocycles. The normalized spacial score (nSPS) is 12.3. The third kappa shape index (κ3) is 3.48. The van der Waals surface area contributed by atoms with Gasteiger partial charge in [-0.2, -0.15) is 0 Å². The Balaban J connectivity index is 0.00000145. The molecule has 0 spiro atoms. The van der Waals surface area contributed by atoms with E-state index in [2.05, 4.69) is 165 Å². The molecule has 0 saturated heterocycles. The molecule has 226 valence electrons. The monoisotopic (exact) mass is 614 g/mol. The molecule has 0 bridgehead atoms. The van der Waals surface area contributed by atoms with Crippen LogP contribution in [0, 0.1) is 0 Å². The number of hydrogen-bond acceptors (Lipinski definition) is 1. The van der Waals surface area contributed by atoms with Gasteiger partial charge in [0.25, 0.3) is 0 Å². The lowest BCUT2D eigenvalue weighted by Crippen LogP contribution is -2.56. The van der Waals surface area contributed by atoms with E-state index in [1.165, 1.54) is 65.7 Å². The summed E-state index contributed by atoms with van der Waals surface area (Å²) < 4.78 is 7.20. The van der Waals surface area contributed by atoms with Gasteiger partial charge in [-0.25, -0.2) is 4.98 Å². The van der Waals surface area contributed by atoms with Crippen LogP contribution in [0.1, 0.15) is 13.8 Å². The number of fused-ring (bicyclic) bond motifs is 10. The standard InChI is InChI=1S/C41H25BN4.C2H6/c1-2-13-27(14-3-1)42-30-17-6-9-20-34(30)46-40-31(42)25-24-26-12-10-21-35(38(26)40)45-37-23-11-22-36(39(37)43-41(45)46)44-32-18-7-4-15-28(32)29-16-5-8-19-33(29)44;1-2/h1-25H;1-2H3. The van der Waals surface area contributed by atoms with Crippen molar-refractivity contribution in [3.05, 3.63) is 152 Å². The van der Waals surface area contributed by atoms with Gasteiger partial charge in [0.15, 0.2) is 0 Å². The van der Waals surface area contributed by atoms with Crippen molar-refractivity contribution in [2.24, 2.45) is 0 Å². The largest absolute Gasteiger partial charge is 0.307 e. The van der Waals surface area contributed by atoms with Gasteiger partial charge >= 0.3 is 0 Å². The lowest BCUT2D eigenvalue weighted by Gasteiger charge is -2.30. The van der Waals surface area contributed by atoms with Crippen molar-refractivity contribution in [2.45, 2.75) is 13.8 Å². The van der Waals surface area contributed by atoms with Crippen molar-refractivity contribution in [3.63, 3.8) is 0 Å². The molecule has 4 nitrogen and oxygen atoms in total. The van der Waals surface area contributed by atoms with E-state index in [0.717, 1.165) is 22.5 Å². The van der Waals surface area contributed by atoms with Gasteiger partial charge < -0.3 is 4.57 Å². The lowest BCUT2D eigenvalue weighted by atomic mass is 9.35. The Morgan fingerprint density at radius 1 is 0.479 bits per heavy atom. The molecule has 0 radical (unpaired) electrons. The Labute approximate surface area is 278 Å². The van der Waals surface area contributed by atoms with E-state index in [1.54, 1.807) is 0 Å². The Morgan fingerprint density at radius 3 is 1.90 bits per heavy atom. The lowest BCUT2D eigenvalue weighted by molar-refractivity contribution is 1.07. The molecule has 5 heteroatoms. The van der Waals surface area contributed by atoms with Gasteiger partial charge in [0, 0.05) is 21.8 Å². The van der Waals surface area contributed by atoms with Crippen LogP contribution in [0.2, 0.25) is 0 Å². The molecule has 1 aliphatic rings. The van der Waals surface area contributed by atoms with E-state index in [4.69, 9.17) is 4.98 Å². The van der Waals surface area contributed by atoms with Crippen LogP contribution in [0.4, 0.5) is 0 Å². The molecule has 1 aliphatic heterocycles. The highest BCUT2D eigenvalue weighted by Gasteiger charge is 2.34. The highest BCUT2D eigenvalue weighted by molar-refractivity contribution is 6.98. The number of imidazole rings is 1. The van der Waals surface area contributed by atoms with E-state index in [-0.39, 0.29) is 6.71 Å². The second kappa shape index (κ2) is 10.2. The van der Waals surface area contributed by atoms with Gasteiger partial charge in [0.1, 0.15) is 5.52 Å². The zero-order valence-corrected chi connectivity index (χ0v) is 26.8. The molecular formula is C43H31BN4. The number of para-hydroxylation sites is 4. The summed E-state index contributed by atoms with van der Waals surface area (Å²) in [5.74, 6) is 0.926. The van der Waals surface area contributed by atoms with E-state index in [9.17, 15) is 0 Å². The zero-order valence-electron chi connectivity index (χ0n) is 26.8. The molecule has 0 aliphatic carbocycles. The molecule has 0 atom stereocenters. The van der Waals surface area contributed by atoms with E-state index in [1.807, 2.05) is 13.8 Å². The van der Waals surface area contributed by atoms with E-state index >= 15 is 0 Å². The van der Waals surface area contributed by atoms with Gasteiger partial charge in [0.2, 0.25) is 12.5 Å². The molecule has 0 unspecified atom stereocenters. The van der Waals surface area contributed by atoms with E-state index in [0.29, 0.717) is 0 Å². The SMILES string of the molecule is CC.c1ccc(B2c3ccccc3-n3c4c2ccc2cccc(c24)n2c4cccc(-n5c6ccccc6c6ccccc65)c4nc32)cc1. The van der Waals surface area contributed by atoms with Gasteiger partial charge in [-0.15, -0.1) is 0 Å². The molecule has 0 N–H and O–H groups in total. The third-order valence-corrected chi connectivity index (χ3v) is 10.1. The predicted molar refractivity (Wildman–Crippen MR) is 204 cm³/mol. The molecule has 10 aromatic rings. The minimum absolute atomic E-state index is 0.130. The van der Waals surface area contributed by atoms with E-state index < -0.39 is 0 Å². The van der Waals surface area contributed by atoms with Crippen LogP contribution < -0.4 is 16.4 Å². The van der Waals surface area contributed by atoms with Crippen molar-refractivity contribution in [1.29, 1.82) is 0 Å². The average Bonchev–Trinajstić information content (AvgIpc) is 3.71. The Morgan fingerprint density at radius 2 is 1.10 bits per heavy atom. The first-order valence-corrected chi connectivity index (χ1v) is 16.9. The highest BCUT2D eigenvalue weighted by atomic mass is 15.2. The van der Waals surface area contributed by atoms with Gasteiger partial charge in [-0.05, 0) is 52.7 Å². The van der Waals surface area contributed by atoms with Crippen LogP contribution in [0.3, 0.4) is 0 Å². The van der Waals surface area contributed by atoms with Gasteiger partial charge in [-0.1, -0.05) is 135 Å². The maximum atomic E-state index is 5.60. The smallest absolute Gasteiger partial charge is 0.246 e. The minimum atomic E-state index is 0.130. The average molecular weight is 615 g/mol. The molecule has 0 fully saturated rings. The third-order valence-electron chi connectivity index (χ3n) is 10.1. The van der Waals surface area contributed by atoms with Crippen LogP contribution in [0.25, 0.3) is 71.8 Å². The fourth-order valence-electron chi connectivity index (χ4n) is 8.28. The number of benzene rings is 7. The molecule has 0 saturated carbocycles. The molecule has 0 amide bonds. The Bertz CT molecular complexity index is 2820. The van der Waals surface area contributed by atoms with Crippen LogP contribution in [-0.4, -0.2) is 25.2 Å². The van der Waals surface area contributed by atoms with Crippen molar-refractivity contribution >= 4 is 83.5 Å². The van der Waals surface area contributed by atoms with Crippen molar-refractivity contribution in [3.8, 4) is 11.4 Å². The first-order chi connectivity index (χ1) is 23.9. The highest BCUT2D eigenvalue weighted by Crippen LogP contribution is 2.38. The van der Waals surface area contributed by atoms with Crippen LogP contribution >= 0.6 is 0 Å². The number of rotatable bonds is 2. The fourth-order valence-corrected chi connectivity index (χ4v) is 8.28. The number of nitrogens with zero attached hydrogens (tertiary/aromatic N) is 4. The summed E-state index contributed by atoms with van der Waals surface area (Å²) in [5, 5.41) is 5.00. The molecule has 4 heterocycles. The number of hydrogen-bond donors (Lipinski definition) is 0.